The summed E-state index contributed by atoms with van der Waals surface area (Å²) in [6, 6.07) is 7.44. The predicted molar refractivity (Wildman–Crippen MR) is 75.9 cm³/mol. The summed E-state index contributed by atoms with van der Waals surface area (Å²) in [7, 11) is 0. The molecule has 0 fully saturated rings. The maximum absolute atomic E-state index is 12.4. The van der Waals surface area contributed by atoms with Crippen molar-refractivity contribution in [3.05, 3.63) is 44.8 Å². The van der Waals surface area contributed by atoms with Gasteiger partial charge in [0.25, 0.3) is 0 Å². The molecule has 0 saturated carbocycles. The number of nitrogens with two attached hydrogens (primary N) is 1. The molecular weight excluding hydrogens is 298 g/mol. The standard InChI is InChI=1S/C13H14BrNOS/c1-7-8(2)17-13(15)11(7)12(16)9-3-5-10(14)6-4-9/h3-6,11,13H,15H2,1-2H3. The zero-order chi connectivity index (χ0) is 12.6. The first-order chi connectivity index (χ1) is 8.00. The number of allylic oxidation sites excluding steroid dienone is 1. The normalized spacial score (nSPS) is 24.2. The van der Waals surface area contributed by atoms with Gasteiger partial charge in [-0.3, -0.25) is 4.79 Å². The van der Waals surface area contributed by atoms with Crippen molar-refractivity contribution >= 4 is 33.5 Å². The minimum atomic E-state index is -0.179. The Balaban J connectivity index is 2.29. The molecule has 0 radical (unpaired) electrons. The van der Waals surface area contributed by atoms with Crippen LogP contribution in [0.15, 0.2) is 39.2 Å². The molecule has 17 heavy (non-hydrogen) atoms. The molecule has 0 saturated heterocycles. The van der Waals surface area contributed by atoms with Crippen LogP contribution in [0.3, 0.4) is 0 Å². The van der Waals surface area contributed by atoms with Crippen molar-refractivity contribution in [2.75, 3.05) is 0 Å². The van der Waals surface area contributed by atoms with Crippen molar-refractivity contribution in [1.82, 2.24) is 0 Å². The molecule has 0 bridgehead atoms. The Hall–Kier alpha value is -0.580. The molecule has 2 N–H and O–H groups in total. The summed E-state index contributed by atoms with van der Waals surface area (Å²) in [4.78, 5) is 13.6. The SMILES string of the molecule is CC1=C(C)C(C(=O)c2ccc(Br)cc2)C(N)S1. The second-order valence-electron chi connectivity index (χ2n) is 4.17. The molecule has 0 spiro atoms. The number of ketones is 1. The van der Waals surface area contributed by atoms with Crippen LogP contribution < -0.4 is 5.73 Å². The molecule has 0 aromatic heterocycles. The molecule has 0 aliphatic carbocycles. The number of hydrogen-bond acceptors (Lipinski definition) is 3. The fraction of sp³-hybridized carbons (Fsp3) is 0.308. The number of Topliss-reactive ketones (excluding diaryl/α,β-unsaturated/α-hetero) is 1. The third kappa shape index (κ3) is 2.49. The van der Waals surface area contributed by atoms with Crippen molar-refractivity contribution in [3.8, 4) is 0 Å². The van der Waals surface area contributed by atoms with Crippen LogP contribution in [0, 0.1) is 5.92 Å². The van der Waals surface area contributed by atoms with Gasteiger partial charge in [0.15, 0.2) is 5.78 Å². The van der Waals surface area contributed by atoms with E-state index >= 15 is 0 Å². The highest BCUT2D eigenvalue weighted by molar-refractivity contribution is 9.10. The molecule has 1 aromatic carbocycles. The lowest BCUT2D eigenvalue weighted by Gasteiger charge is -2.15. The third-order valence-corrected chi connectivity index (χ3v) is 4.82. The zero-order valence-corrected chi connectivity index (χ0v) is 12.1. The molecule has 1 aliphatic heterocycles. The smallest absolute Gasteiger partial charge is 0.172 e. The number of hydrogen-bond donors (Lipinski definition) is 1. The van der Waals surface area contributed by atoms with E-state index in [0.717, 1.165) is 15.6 Å². The number of rotatable bonds is 2. The lowest BCUT2D eigenvalue weighted by atomic mass is 9.91. The Morgan fingerprint density at radius 2 is 1.88 bits per heavy atom. The summed E-state index contributed by atoms with van der Waals surface area (Å²) in [5, 5.41) is -0.147. The van der Waals surface area contributed by atoms with Gasteiger partial charge in [0.1, 0.15) is 0 Å². The van der Waals surface area contributed by atoms with Gasteiger partial charge < -0.3 is 5.73 Å². The highest BCUT2D eigenvalue weighted by Gasteiger charge is 2.34. The summed E-state index contributed by atoms with van der Waals surface area (Å²) in [5.74, 6) is -0.0620. The number of benzene rings is 1. The van der Waals surface area contributed by atoms with Gasteiger partial charge in [-0.15, -0.1) is 11.8 Å². The van der Waals surface area contributed by atoms with Gasteiger partial charge in [-0.25, -0.2) is 0 Å². The molecule has 0 amide bonds. The first-order valence-electron chi connectivity index (χ1n) is 5.40. The van der Waals surface area contributed by atoms with Crippen molar-refractivity contribution in [2.24, 2.45) is 11.7 Å². The first kappa shape index (κ1) is 12.9. The van der Waals surface area contributed by atoms with Gasteiger partial charge in [0.2, 0.25) is 0 Å². The summed E-state index contributed by atoms with van der Waals surface area (Å²) >= 11 is 4.95. The summed E-state index contributed by atoms with van der Waals surface area (Å²) in [6.07, 6.45) is 0. The molecule has 2 unspecified atom stereocenters. The lowest BCUT2D eigenvalue weighted by Crippen LogP contribution is -2.30. The second-order valence-corrected chi connectivity index (χ2v) is 6.48. The van der Waals surface area contributed by atoms with Crippen LogP contribution in [0.5, 0.6) is 0 Å². The molecule has 2 rings (SSSR count). The van der Waals surface area contributed by atoms with Crippen LogP contribution in [-0.2, 0) is 0 Å². The number of halogens is 1. The highest BCUT2D eigenvalue weighted by Crippen LogP contribution is 2.40. The van der Waals surface area contributed by atoms with Crippen LogP contribution in [-0.4, -0.2) is 11.2 Å². The van der Waals surface area contributed by atoms with E-state index in [2.05, 4.69) is 15.9 Å². The van der Waals surface area contributed by atoms with E-state index in [4.69, 9.17) is 5.73 Å². The Morgan fingerprint density at radius 3 is 2.35 bits per heavy atom. The topological polar surface area (TPSA) is 43.1 Å². The average Bonchev–Trinajstić information content (AvgIpc) is 2.53. The number of carbonyl (C=O) groups excluding carboxylic acids is 1. The largest absolute Gasteiger partial charge is 0.318 e. The van der Waals surface area contributed by atoms with Gasteiger partial charge in [-0.05, 0) is 30.9 Å². The van der Waals surface area contributed by atoms with E-state index < -0.39 is 0 Å². The Bertz CT molecular complexity index is 481. The number of thioether (sulfide) groups is 1. The van der Waals surface area contributed by atoms with Crippen molar-refractivity contribution < 1.29 is 4.79 Å². The fourth-order valence-corrected chi connectivity index (χ4v) is 3.42. The van der Waals surface area contributed by atoms with E-state index in [0.29, 0.717) is 0 Å². The van der Waals surface area contributed by atoms with Gasteiger partial charge >= 0.3 is 0 Å². The van der Waals surface area contributed by atoms with Gasteiger partial charge in [0.05, 0.1) is 11.3 Å². The Labute approximate surface area is 114 Å². The van der Waals surface area contributed by atoms with Crippen LogP contribution in [0.2, 0.25) is 0 Å². The average molecular weight is 312 g/mol. The fourth-order valence-electron chi connectivity index (χ4n) is 1.97. The van der Waals surface area contributed by atoms with Crippen LogP contribution in [0.25, 0.3) is 0 Å². The quantitative estimate of drug-likeness (QED) is 0.849. The van der Waals surface area contributed by atoms with Gasteiger partial charge in [-0.2, -0.15) is 0 Å². The van der Waals surface area contributed by atoms with Gasteiger partial charge in [0, 0.05) is 10.0 Å². The molecule has 90 valence electrons. The molecule has 2 nitrogen and oxygen atoms in total. The minimum absolute atomic E-state index is 0.117. The van der Waals surface area contributed by atoms with Crippen LogP contribution >= 0.6 is 27.7 Å². The predicted octanol–water partition coefficient (Wildman–Crippen LogP) is 3.57. The molecule has 1 aromatic rings. The molecular formula is C13H14BrNOS. The summed E-state index contributed by atoms with van der Waals surface area (Å²) in [5.41, 5.74) is 7.85. The van der Waals surface area contributed by atoms with E-state index in [-0.39, 0.29) is 17.1 Å². The van der Waals surface area contributed by atoms with Gasteiger partial charge in [-0.1, -0.05) is 33.6 Å². The molecule has 1 aliphatic rings. The first-order valence-corrected chi connectivity index (χ1v) is 7.07. The maximum Gasteiger partial charge on any atom is 0.172 e. The van der Waals surface area contributed by atoms with Crippen molar-refractivity contribution in [3.63, 3.8) is 0 Å². The van der Waals surface area contributed by atoms with Crippen LogP contribution in [0.4, 0.5) is 0 Å². The third-order valence-electron chi connectivity index (χ3n) is 3.07. The summed E-state index contributed by atoms with van der Waals surface area (Å²) in [6.45, 7) is 4.02. The molecule has 4 heteroatoms. The Kier molecular flexibility index (Phi) is 3.76. The van der Waals surface area contributed by atoms with Crippen LogP contribution in [0.1, 0.15) is 24.2 Å². The number of carbonyl (C=O) groups is 1. The van der Waals surface area contributed by atoms with E-state index in [1.165, 1.54) is 4.91 Å². The van der Waals surface area contributed by atoms with Crippen molar-refractivity contribution in [2.45, 2.75) is 19.2 Å². The Morgan fingerprint density at radius 1 is 1.29 bits per heavy atom. The maximum atomic E-state index is 12.4. The minimum Gasteiger partial charge on any atom is -0.318 e. The monoisotopic (exact) mass is 311 g/mol. The molecule has 2 atom stereocenters. The van der Waals surface area contributed by atoms with E-state index in [1.54, 1.807) is 11.8 Å². The zero-order valence-electron chi connectivity index (χ0n) is 9.74. The van der Waals surface area contributed by atoms with E-state index in [1.807, 2.05) is 38.1 Å². The highest BCUT2D eigenvalue weighted by atomic mass is 79.9. The second kappa shape index (κ2) is 4.96. The molecule has 1 heterocycles. The lowest BCUT2D eigenvalue weighted by molar-refractivity contribution is 0.0940. The van der Waals surface area contributed by atoms with E-state index in [9.17, 15) is 4.79 Å². The van der Waals surface area contributed by atoms with Crippen molar-refractivity contribution in [1.29, 1.82) is 0 Å². The summed E-state index contributed by atoms with van der Waals surface area (Å²) < 4.78 is 0.975.